The van der Waals surface area contributed by atoms with E-state index in [4.69, 9.17) is 14.0 Å². The first kappa shape index (κ1) is 21.1. The van der Waals surface area contributed by atoms with Gasteiger partial charge in [0.2, 0.25) is 0 Å². The van der Waals surface area contributed by atoms with Crippen molar-refractivity contribution in [2.75, 3.05) is 6.61 Å². The Kier molecular flexibility index (Phi) is 5.57. The molecule has 162 valence electrons. The van der Waals surface area contributed by atoms with E-state index in [1.54, 1.807) is 37.3 Å². The molecular weight excluding hydrogens is 422 g/mol. The Labute approximate surface area is 182 Å². The normalized spacial score (nSPS) is 22.7. The fraction of sp³-hybridized carbons (Fsp3) is 0.381. The number of hydrogen-bond donors (Lipinski definition) is 0. The number of thioether (sulfide) groups is 1. The third-order valence-electron chi connectivity index (χ3n) is 4.91. The number of nitrogens with zero attached hydrogens (tertiary/aromatic N) is 3. The summed E-state index contributed by atoms with van der Waals surface area (Å²) >= 11 is 1.39. The van der Waals surface area contributed by atoms with E-state index in [1.165, 1.54) is 16.7 Å². The molecule has 2 fully saturated rings. The molecule has 0 spiro atoms. The number of benzene rings is 1. The molecule has 2 saturated heterocycles. The molecule has 0 aliphatic carbocycles. The number of para-hydroxylation sites is 1. The number of amides is 2. The Hall–Kier alpha value is -3.14. The monoisotopic (exact) mass is 443 g/mol. The average Bonchev–Trinajstić information content (AvgIpc) is 3.27. The van der Waals surface area contributed by atoms with Crippen LogP contribution in [0.4, 0.5) is 0 Å². The Morgan fingerprint density at radius 1 is 1.29 bits per heavy atom. The number of carbonyl (C=O) groups is 3. The number of carbonyl (C=O) groups excluding carboxylic acids is 3. The zero-order chi connectivity index (χ0) is 22.2. The highest BCUT2D eigenvalue weighted by Gasteiger charge is 2.63. The number of aromatic nitrogens is 1. The van der Waals surface area contributed by atoms with Gasteiger partial charge in [0.15, 0.2) is 6.61 Å². The fourth-order valence-corrected chi connectivity index (χ4v) is 5.01. The zero-order valence-electron chi connectivity index (χ0n) is 17.2. The number of fused-ring (bicyclic) bond motifs is 1. The number of esters is 1. The Morgan fingerprint density at radius 3 is 2.71 bits per heavy atom. The third kappa shape index (κ3) is 4.20. The predicted octanol–water partition coefficient (Wildman–Crippen LogP) is 2.14. The van der Waals surface area contributed by atoms with Crippen LogP contribution in [0.15, 0.2) is 45.9 Å². The highest BCUT2D eigenvalue weighted by Crippen LogP contribution is 2.50. The predicted molar refractivity (Wildman–Crippen MR) is 112 cm³/mol. The number of ether oxygens (including phenoxy) is 2. The number of aliphatic imine (C=N–C) groups is 1. The highest BCUT2D eigenvalue weighted by molar-refractivity contribution is 8.02. The van der Waals surface area contributed by atoms with Crippen LogP contribution in [0.2, 0.25) is 0 Å². The van der Waals surface area contributed by atoms with E-state index in [0.29, 0.717) is 17.2 Å². The number of hydrogen-bond acceptors (Lipinski definition) is 8. The molecule has 31 heavy (non-hydrogen) atoms. The van der Waals surface area contributed by atoms with Crippen molar-refractivity contribution in [3.63, 3.8) is 0 Å². The van der Waals surface area contributed by atoms with Crippen molar-refractivity contribution in [2.45, 2.75) is 43.5 Å². The summed E-state index contributed by atoms with van der Waals surface area (Å²) < 4.78 is 15.1. The minimum absolute atomic E-state index is 0.0453. The molecule has 0 N–H and O–H groups in total. The second-order valence-corrected chi connectivity index (χ2v) is 9.45. The summed E-state index contributed by atoms with van der Waals surface area (Å²) in [7, 11) is 0. The minimum Gasteiger partial charge on any atom is -0.484 e. The van der Waals surface area contributed by atoms with Gasteiger partial charge in [0, 0.05) is 10.8 Å². The summed E-state index contributed by atoms with van der Waals surface area (Å²) in [6.45, 7) is 5.13. The van der Waals surface area contributed by atoms with E-state index in [9.17, 15) is 14.4 Å². The summed E-state index contributed by atoms with van der Waals surface area (Å²) in [6.07, 6.45) is 0. The van der Waals surface area contributed by atoms with Gasteiger partial charge in [-0.15, -0.1) is 11.8 Å². The summed E-state index contributed by atoms with van der Waals surface area (Å²) in [6, 6.07) is 9.75. The molecule has 1 aromatic heterocycles. The second kappa shape index (κ2) is 8.18. The van der Waals surface area contributed by atoms with Crippen LogP contribution in [0.25, 0.3) is 0 Å². The standard InChI is InChI=1S/C21H21N3O6S/c1-12-9-13(23-30-12)10-29-20(27)17-21(2,3)31-19-16(18(26)24(17)19)22-15(25)11-28-14-7-5-4-6-8-14/h4-9,17,19H,10-11H2,1-3H3/t17-,19+/m0/s1. The van der Waals surface area contributed by atoms with Crippen LogP contribution < -0.4 is 4.74 Å². The van der Waals surface area contributed by atoms with E-state index in [1.807, 2.05) is 19.9 Å². The van der Waals surface area contributed by atoms with Crippen molar-refractivity contribution >= 4 is 35.3 Å². The summed E-state index contributed by atoms with van der Waals surface area (Å²) in [5, 5.41) is 3.31. The van der Waals surface area contributed by atoms with Gasteiger partial charge < -0.3 is 18.9 Å². The first-order chi connectivity index (χ1) is 14.8. The molecule has 2 atom stereocenters. The van der Waals surface area contributed by atoms with Crippen molar-refractivity contribution in [3.8, 4) is 5.75 Å². The van der Waals surface area contributed by atoms with Crippen LogP contribution in [0.5, 0.6) is 5.75 Å². The highest BCUT2D eigenvalue weighted by atomic mass is 32.2. The van der Waals surface area contributed by atoms with Crippen LogP contribution in [0.3, 0.4) is 0 Å². The molecule has 10 heteroatoms. The molecule has 0 bridgehead atoms. The number of β-lactam (4-membered cyclic amide) rings is 1. The molecule has 9 nitrogen and oxygen atoms in total. The minimum atomic E-state index is -0.794. The van der Waals surface area contributed by atoms with Gasteiger partial charge in [0.05, 0.1) is 0 Å². The number of aryl methyl sites for hydroxylation is 1. The SMILES string of the molecule is Cc1cc(COC(=O)[C@@H]2N3C(=O)C(=NC(=O)COc4ccccc4)[C@H]3SC2(C)C)no1. The fourth-order valence-electron chi connectivity index (χ4n) is 3.50. The van der Waals surface area contributed by atoms with Crippen LogP contribution >= 0.6 is 11.8 Å². The zero-order valence-corrected chi connectivity index (χ0v) is 18.0. The van der Waals surface area contributed by atoms with Crippen molar-refractivity contribution in [1.29, 1.82) is 0 Å². The molecule has 2 aromatic rings. The smallest absolute Gasteiger partial charge is 0.330 e. The van der Waals surface area contributed by atoms with E-state index < -0.39 is 33.9 Å². The lowest BCUT2D eigenvalue weighted by molar-refractivity contribution is -0.156. The molecule has 2 aliphatic heterocycles. The summed E-state index contributed by atoms with van der Waals surface area (Å²) in [5.41, 5.74) is 0.620. The first-order valence-electron chi connectivity index (χ1n) is 9.65. The molecule has 0 unspecified atom stereocenters. The quantitative estimate of drug-likeness (QED) is 0.493. The van der Waals surface area contributed by atoms with Crippen LogP contribution in [-0.2, 0) is 25.7 Å². The van der Waals surface area contributed by atoms with Crippen molar-refractivity contribution < 1.29 is 28.4 Å². The largest absolute Gasteiger partial charge is 0.484 e. The van der Waals surface area contributed by atoms with Gasteiger partial charge in [-0.1, -0.05) is 23.4 Å². The molecule has 3 heterocycles. The topological polar surface area (TPSA) is 111 Å². The number of rotatable bonds is 6. The van der Waals surface area contributed by atoms with Gasteiger partial charge in [-0.05, 0) is 32.9 Å². The third-order valence-corrected chi connectivity index (χ3v) is 6.41. The Morgan fingerprint density at radius 2 is 2.03 bits per heavy atom. The van der Waals surface area contributed by atoms with Gasteiger partial charge in [-0.25, -0.2) is 9.79 Å². The maximum Gasteiger partial charge on any atom is 0.330 e. The lowest BCUT2D eigenvalue weighted by atomic mass is 9.97. The Bertz CT molecular complexity index is 1050. The van der Waals surface area contributed by atoms with E-state index in [-0.39, 0.29) is 18.9 Å². The first-order valence-corrected chi connectivity index (χ1v) is 10.5. The van der Waals surface area contributed by atoms with Gasteiger partial charge in [0.25, 0.3) is 11.8 Å². The maximum absolute atomic E-state index is 12.8. The second-order valence-electron chi connectivity index (χ2n) is 7.72. The molecule has 1 aromatic carbocycles. The van der Waals surface area contributed by atoms with Crippen LogP contribution in [-0.4, -0.2) is 56.3 Å². The Balaban J connectivity index is 1.40. The average molecular weight is 443 g/mol. The van der Waals surface area contributed by atoms with Crippen molar-refractivity contribution in [1.82, 2.24) is 10.1 Å². The van der Waals surface area contributed by atoms with Crippen LogP contribution in [0, 0.1) is 6.92 Å². The van der Waals surface area contributed by atoms with Crippen molar-refractivity contribution in [2.24, 2.45) is 4.99 Å². The molecule has 0 saturated carbocycles. The molecule has 2 aliphatic rings. The lowest BCUT2D eigenvalue weighted by Crippen LogP contribution is -2.63. The van der Waals surface area contributed by atoms with E-state index in [0.717, 1.165) is 0 Å². The van der Waals surface area contributed by atoms with E-state index in [2.05, 4.69) is 10.1 Å². The summed E-state index contributed by atoms with van der Waals surface area (Å²) in [5.74, 6) is -0.388. The van der Waals surface area contributed by atoms with Gasteiger partial charge >= 0.3 is 5.97 Å². The van der Waals surface area contributed by atoms with Crippen molar-refractivity contribution in [3.05, 3.63) is 47.9 Å². The molecule has 0 radical (unpaired) electrons. The van der Waals surface area contributed by atoms with Gasteiger partial charge in [-0.2, -0.15) is 0 Å². The molecule has 4 rings (SSSR count). The van der Waals surface area contributed by atoms with Gasteiger partial charge in [-0.3, -0.25) is 9.59 Å². The summed E-state index contributed by atoms with van der Waals surface area (Å²) in [4.78, 5) is 43.0. The van der Waals surface area contributed by atoms with Crippen LogP contribution in [0.1, 0.15) is 25.3 Å². The molecular formula is C21H21N3O6S. The maximum atomic E-state index is 12.8. The van der Waals surface area contributed by atoms with E-state index >= 15 is 0 Å². The lowest BCUT2D eigenvalue weighted by Gasteiger charge is -2.38. The van der Waals surface area contributed by atoms with Gasteiger partial charge in [0.1, 0.15) is 40.9 Å². The molecule has 2 amide bonds.